The van der Waals surface area contributed by atoms with Gasteiger partial charge < -0.3 is 4.74 Å². The first-order chi connectivity index (χ1) is 10.2. The highest BCUT2D eigenvalue weighted by atomic mass is 16.5. The molecule has 0 N–H and O–H groups in total. The third-order valence-electron chi connectivity index (χ3n) is 3.92. The van der Waals surface area contributed by atoms with E-state index in [1.54, 1.807) is 0 Å². The third kappa shape index (κ3) is 17.4. The molecule has 0 saturated heterocycles. The molecule has 0 heterocycles. The molecule has 0 aromatic rings. The van der Waals surface area contributed by atoms with E-state index < -0.39 is 0 Å². The smallest absolute Gasteiger partial charge is 0.305 e. The molecule has 0 aliphatic carbocycles. The van der Waals surface area contributed by atoms with Crippen LogP contribution in [0.2, 0.25) is 0 Å². The van der Waals surface area contributed by atoms with Gasteiger partial charge in [0, 0.05) is 6.42 Å². The average Bonchev–Trinajstić information content (AvgIpc) is 2.45. The fourth-order valence-electron chi connectivity index (χ4n) is 2.49. The summed E-state index contributed by atoms with van der Waals surface area (Å²) in [4.78, 5) is 11.5. The summed E-state index contributed by atoms with van der Waals surface area (Å²) in [5, 5.41) is 0. The highest BCUT2D eigenvalue weighted by Crippen LogP contribution is 2.11. The van der Waals surface area contributed by atoms with Crippen molar-refractivity contribution in [2.45, 2.75) is 104 Å². The molecule has 0 spiro atoms. The summed E-state index contributed by atoms with van der Waals surface area (Å²) in [6.45, 7) is 7.41. The Morgan fingerprint density at radius 3 is 2.05 bits per heavy atom. The number of ether oxygens (including phenoxy) is 1. The summed E-state index contributed by atoms with van der Waals surface area (Å²) >= 11 is 0. The molecule has 0 aliphatic heterocycles. The standard InChI is InChI=1S/C19H38O2/c1-4-5-6-7-11-14-17-21-19(20)16-13-10-8-9-12-15-18(2)3/h18H,4-17H2,1-3H3. The fraction of sp³-hybridized carbons (Fsp3) is 0.947. The molecule has 0 unspecified atom stereocenters. The van der Waals surface area contributed by atoms with Gasteiger partial charge in [0.15, 0.2) is 0 Å². The van der Waals surface area contributed by atoms with Crippen LogP contribution in [0.25, 0.3) is 0 Å². The van der Waals surface area contributed by atoms with Gasteiger partial charge in [-0.1, -0.05) is 85.0 Å². The van der Waals surface area contributed by atoms with E-state index in [1.807, 2.05) is 0 Å². The molecular weight excluding hydrogens is 260 g/mol. The Morgan fingerprint density at radius 2 is 1.38 bits per heavy atom. The predicted molar refractivity (Wildman–Crippen MR) is 91.5 cm³/mol. The number of unbranched alkanes of at least 4 members (excludes halogenated alkanes) is 9. The number of rotatable bonds is 15. The Kier molecular flexibility index (Phi) is 15.5. The predicted octanol–water partition coefficient (Wildman–Crippen LogP) is 6.28. The van der Waals surface area contributed by atoms with Crippen molar-refractivity contribution in [1.29, 1.82) is 0 Å². The second kappa shape index (κ2) is 15.9. The van der Waals surface area contributed by atoms with Gasteiger partial charge in [-0.3, -0.25) is 4.79 Å². The molecule has 21 heavy (non-hydrogen) atoms. The van der Waals surface area contributed by atoms with Gasteiger partial charge >= 0.3 is 5.97 Å². The van der Waals surface area contributed by atoms with Crippen molar-refractivity contribution in [3.8, 4) is 0 Å². The molecule has 2 nitrogen and oxygen atoms in total. The quantitative estimate of drug-likeness (QED) is 0.263. The summed E-state index contributed by atoms with van der Waals surface area (Å²) in [6.07, 6.45) is 15.5. The molecule has 2 heteroatoms. The van der Waals surface area contributed by atoms with E-state index in [2.05, 4.69) is 20.8 Å². The molecule has 0 radical (unpaired) electrons. The molecule has 126 valence electrons. The number of esters is 1. The maximum Gasteiger partial charge on any atom is 0.305 e. The molecule has 0 aromatic heterocycles. The first kappa shape index (κ1) is 20.5. The molecule has 0 amide bonds. The number of hydrogen-bond donors (Lipinski definition) is 0. The lowest BCUT2D eigenvalue weighted by atomic mass is 10.0. The van der Waals surface area contributed by atoms with E-state index in [0.29, 0.717) is 13.0 Å². The van der Waals surface area contributed by atoms with Gasteiger partial charge in [-0.25, -0.2) is 0 Å². The summed E-state index contributed by atoms with van der Waals surface area (Å²) in [7, 11) is 0. The zero-order valence-electron chi connectivity index (χ0n) is 14.8. The Bertz CT molecular complexity index is 224. The first-order valence-electron chi connectivity index (χ1n) is 9.32. The number of carbonyl (C=O) groups excluding carboxylic acids is 1. The maximum absolute atomic E-state index is 11.5. The van der Waals surface area contributed by atoms with Crippen LogP contribution in [0.1, 0.15) is 104 Å². The molecule has 0 aromatic carbocycles. The molecular formula is C19H38O2. The summed E-state index contributed by atoms with van der Waals surface area (Å²) < 4.78 is 5.27. The largest absolute Gasteiger partial charge is 0.466 e. The minimum Gasteiger partial charge on any atom is -0.466 e. The first-order valence-corrected chi connectivity index (χ1v) is 9.32. The fourth-order valence-corrected chi connectivity index (χ4v) is 2.49. The third-order valence-corrected chi connectivity index (χ3v) is 3.92. The van der Waals surface area contributed by atoms with Gasteiger partial charge in [0.05, 0.1) is 6.61 Å². The highest BCUT2D eigenvalue weighted by Gasteiger charge is 2.02. The van der Waals surface area contributed by atoms with E-state index in [0.717, 1.165) is 18.8 Å². The van der Waals surface area contributed by atoms with Crippen LogP contribution in [-0.4, -0.2) is 12.6 Å². The molecule has 0 bridgehead atoms. The SMILES string of the molecule is CCCCCCCCOC(=O)CCCCCCCC(C)C. The van der Waals surface area contributed by atoms with Crippen molar-refractivity contribution in [2.75, 3.05) is 6.61 Å². The molecule has 0 atom stereocenters. The van der Waals surface area contributed by atoms with Crippen molar-refractivity contribution in [2.24, 2.45) is 5.92 Å². The lowest BCUT2D eigenvalue weighted by Crippen LogP contribution is -2.05. The maximum atomic E-state index is 11.5. The topological polar surface area (TPSA) is 26.3 Å². The molecule has 0 saturated carbocycles. The molecule has 0 fully saturated rings. The highest BCUT2D eigenvalue weighted by molar-refractivity contribution is 5.69. The minimum absolute atomic E-state index is 0.00531. The zero-order chi connectivity index (χ0) is 15.8. The van der Waals surface area contributed by atoms with Gasteiger partial charge in [0.1, 0.15) is 0 Å². The van der Waals surface area contributed by atoms with E-state index in [9.17, 15) is 4.79 Å². The minimum atomic E-state index is 0.00531. The summed E-state index contributed by atoms with van der Waals surface area (Å²) in [5.41, 5.74) is 0. The van der Waals surface area contributed by atoms with Crippen LogP contribution >= 0.6 is 0 Å². The average molecular weight is 299 g/mol. The van der Waals surface area contributed by atoms with Crippen molar-refractivity contribution in [1.82, 2.24) is 0 Å². The van der Waals surface area contributed by atoms with Gasteiger partial charge in [-0.15, -0.1) is 0 Å². The van der Waals surface area contributed by atoms with Crippen molar-refractivity contribution < 1.29 is 9.53 Å². The Morgan fingerprint density at radius 1 is 0.810 bits per heavy atom. The Labute approximate surface area is 133 Å². The van der Waals surface area contributed by atoms with Crippen LogP contribution in [0.3, 0.4) is 0 Å². The Hall–Kier alpha value is -0.530. The summed E-state index contributed by atoms with van der Waals surface area (Å²) in [6, 6.07) is 0. The van der Waals surface area contributed by atoms with E-state index in [-0.39, 0.29) is 5.97 Å². The van der Waals surface area contributed by atoms with E-state index >= 15 is 0 Å². The van der Waals surface area contributed by atoms with Gasteiger partial charge in [-0.2, -0.15) is 0 Å². The normalized spacial score (nSPS) is 11.0. The summed E-state index contributed by atoms with van der Waals surface area (Å²) in [5.74, 6) is 0.827. The lowest BCUT2D eigenvalue weighted by molar-refractivity contribution is -0.143. The van der Waals surface area contributed by atoms with Crippen LogP contribution in [-0.2, 0) is 9.53 Å². The van der Waals surface area contributed by atoms with E-state index in [4.69, 9.17) is 4.74 Å². The molecule has 0 aliphatic rings. The number of carbonyl (C=O) groups is 1. The van der Waals surface area contributed by atoms with Crippen LogP contribution < -0.4 is 0 Å². The second-order valence-electron chi connectivity index (χ2n) is 6.69. The van der Waals surface area contributed by atoms with E-state index in [1.165, 1.54) is 64.2 Å². The van der Waals surface area contributed by atoms with Crippen molar-refractivity contribution in [3.05, 3.63) is 0 Å². The van der Waals surface area contributed by atoms with Crippen LogP contribution in [0.4, 0.5) is 0 Å². The van der Waals surface area contributed by atoms with Crippen molar-refractivity contribution >= 4 is 5.97 Å². The molecule has 0 rings (SSSR count). The van der Waals surface area contributed by atoms with Crippen LogP contribution in [0.15, 0.2) is 0 Å². The van der Waals surface area contributed by atoms with Gasteiger partial charge in [0.25, 0.3) is 0 Å². The van der Waals surface area contributed by atoms with Gasteiger partial charge in [-0.05, 0) is 18.8 Å². The Balaban J connectivity index is 3.16. The van der Waals surface area contributed by atoms with Crippen molar-refractivity contribution in [3.63, 3.8) is 0 Å². The van der Waals surface area contributed by atoms with Crippen LogP contribution in [0, 0.1) is 5.92 Å². The zero-order valence-corrected chi connectivity index (χ0v) is 14.8. The monoisotopic (exact) mass is 298 g/mol. The second-order valence-corrected chi connectivity index (χ2v) is 6.69. The van der Waals surface area contributed by atoms with Gasteiger partial charge in [0.2, 0.25) is 0 Å². The lowest BCUT2D eigenvalue weighted by Gasteiger charge is -2.06. The van der Waals surface area contributed by atoms with Crippen LogP contribution in [0.5, 0.6) is 0 Å². The number of hydrogen-bond acceptors (Lipinski definition) is 2.